The van der Waals surface area contributed by atoms with Gasteiger partial charge in [-0.15, -0.1) is 0 Å². The van der Waals surface area contributed by atoms with Crippen molar-refractivity contribution in [2.24, 2.45) is 0 Å². The highest BCUT2D eigenvalue weighted by atomic mass is 19.4. The van der Waals surface area contributed by atoms with Gasteiger partial charge in [0, 0.05) is 18.2 Å². The van der Waals surface area contributed by atoms with Crippen LogP contribution >= 0.6 is 0 Å². The molecule has 0 N–H and O–H groups in total. The van der Waals surface area contributed by atoms with E-state index in [0.29, 0.717) is 5.75 Å². The second-order valence-corrected chi connectivity index (χ2v) is 8.87. The summed E-state index contributed by atoms with van der Waals surface area (Å²) in [6.45, 7) is 6.31. The van der Waals surface area contributed by atoms with Crippen molar-refractivity contribution in [2.75, 3.05) is 20.7 Å². The lowest BCUT2D eigenvalue weighted by Crippen LogP contribution is -2.34. The molecule has 0 bridgehead atoms. The number of methoxy groups -OCH3 is 1. The Morgan fingerprint density at radius 3 is 2.03 bits per heavy atom. The number of carbonyl (C=O) groups excluding carboxylic acids is 1. The predicted molar refractivity (Wildman–Crippen MR) is 127 cm³/mol. The van der Waals surface area contributed by atoms with Gasteiger partial charge in [0.25, 0.3) is 0 Å². The summed E-state index contributed by atoms with van der Waals surface area (Å²) in [5, 5.41) is 0. The fourth-order valence-corrected chi connectivity index (χ4v) is 3.83. The highest BCUT2D eigenvalue weighted by Gasteiger charge is 2.42. The SMILES string of the molecule is CCCCCCCCCCCCN(C)C(C)Oc1ccc(C(C)C(=O)C(F)(F)F)c(OC)c1. The topological polar surface area (TPSA) is 38.8 Å². The summed E-state index contributed by atoms with van der Waals surface area (Å²) in [5.41, 5.74) is 0.193. The first-order valence-corrected chi connectivity index (χ1v) is 12.3. The summed E-state index contributed by atoms with van der Waals surface area (Å²) in [6, 6.07) is 4.60. The molecule has 7 heteroatoms. The predicted octanol–water partition coefficient (Wildman–Crippen LogP) is 7.51. The lowest BCUT2D eigenvalue weighted by molar-refractivity contribution is -0.172. The average molecular weight is 474 g/mol. The van der Waals surface area contributed by atoms with Gasteiger partial charge in [-0.2, -0.15) is 13.2 Å². The lowest BCUT2D eigenvalue weighted by atomic mass is 9.95. The Morgan fingerprint density at radius 2 is 1.52 bits per heavy atom. The molecule has 0 heterocycles. The fraction of sp³-hybridized carbons (Fsp3) is 0.731. The molecule has 2 atom stereocenters. The second-order valence-electron chi connectivity index (χ2n) is 8.87. The molecular weight excluding hydrogens is 431 g/mol. The van der Waals surface area contributed by atoms with Gasteiger partial charge in [0.1, 0.15) is 17.7 Å². The first kappa shape index (κ1) is 29.3. The summed E-state index contributed by atoms with van der Waals surface area (Å²) in [4.78, 5) is 13.7. The quantitative estimate of drug-likeness (QED) is 0.173. The maximum absolute atomic E-state index is 12.8. The number of benzene rings is 1. The standard InChI is InChI=1S/C26H42F3NO3/c1-6-7-8-9-10-11-12-13-14-15-18-30(4)21(3)33-22-16-17-23(24(19-22)32-5)20(2)25(31)26(27,28)29/h16-17,19-21H,6-15,18H2,1-5H3. The minimum Gasteiger partial charge on any atom is -0.496 e. The van der Waals surface area contributed by atoms with Gasteiger partial charge in [0.2, 0.25) is 5.78 Å². The molecule has 1 aromatic carbocycles. The van der Waals surface area contributed by atoms with Crippen LogP contribution in [0.2, 0.25) is 0 Å². The molecule has 2 unspecified atom stereocenters. The van der Waals surface area contributed by atoms with Crippen LogP contribution in [0, 0.1) is 0 Å². The Bertz CT molecular complexity index is 694. The number of hydrogen-bond acceptors (Lipinski definition) is 4. The number of rotatable bonds is 17. The number of unbranched alkanes of at least 4 members (excludes halogenated alkanes) is 9. The number of ether oxygens (including phenoxy) is 2. The van der Waals surface area contributed by atoms with Crippen molar-refractivity contribution < 1.29 is 27.4 Å². The lowest BCUT2D eigenvalue weighted by Gasteiger charge is -2.26. The van der Waals surface area contributed by atoms with Crippen LogP contribution in [0.1, 0.15) is 96.5 Å². The highest BCUT2D eigenvalue weighted by Crippen LogP contribution is 2.35. The average Bonchev–Trinajstić information content (AvgIpc) is 2.78. The molecular formula is C26H42F3NO3. The van der Waals surface area contributed by atoms with Crippen molar-refractivity contribution in [1.82, 2.24) is 4.90 Å². The van der Waals surface area contributed by atoms with E-state index in [1.807, 2.05) is 14.0 Å². The van der Waals surface area contributed by atoms with Crippen molar-refractivity contribution in [2.45, 2.75) is 103 Å². The van der Waals surface area contributed by atoms with Crippen LogP contribution in [0.5, 0.6) is 11.5 Å². The molecule has 190 valence electrons. The molecule has 1 aromatic rings. The van der Waals surface area contributed by atoms with E-state index in [4.69, 9.17) is 9.47 Å². The van der Waals surface area contributed by atoms with E-state index in [2.05, 4.69) is 11.8 Å². The van der Waals surface area contributed by atoms with Gasteiger partial charge < -0.3 is 9.47 Å². The molecule has 0 spiro atoms. The van der Waals surface area contributed by atoms with Crippen molar-refractivity contribution >= 4 is 5.78 Å². The van der Waals surface area contributed by atoms with E-state index in [9.17, 15) is 18.0 Å². The zero-order valence-electron chi connectivity index (χ0n) is 21.0. The summed E-state index contributed by atoms with van der Waals surface area (Å²) in [7, 11) is 3.36. The van der Waals surface area contributed by atoms with E-state index in [-0.39, 0.29) is 17.5 Å². The minimum atomic E-state index is -4.88. The second kappa shape index (κ2) is 15.2. The van der Waals surface area contributed by atoms with Gasteiger partial charge in [-0.05, 0) is 26.5 Å². The summed E-state index contributed by atoms with van der Waals surface area (Å²) < 4.78 is 49.6. The normalized spacial score (nSPS) is 13.7. The molecule has 0 fully saturated rings. The maximum atomic E-state index is 12.8. The Morgan fingerprint density at radius 1 is 0.970 bits per heavy atom. The molecule has 0 radical (unpaired) electrons. The van der Waals surface area contributed by atoms with Crippen LogP contribution in [0.15, 0.2) is 18.2 Å². The molecule has 0 aliphatic carbocycles. The molecule has 0 amide bonds. The van der Waals surface area contributed by atoms with Gasteiger partial charge in [-0.25, -0.2) is 0 Å². The van der Waals surface area contributed by atoms with E-state index >= 15 is 0 Å². The Hall–Kier alpha value is -1.76. The monoisotopic (exact) mass is 473 g/mol. The third-order valence-corrected chi connectivity index (χ3v) is 6.14. The number of halogens is 3. The third kappa shape index (κ3) is 10.8. The number of ketones is 1. The minimum absolute atomic E-state index is 0.193. The van der Waals surface area contributed by atoms with Crippen molar-refractivity contribution in [3.63, 3.8) is 0 Å². The Labute approximate surface area is 197 Å². The van der Waals surface area contributed by atoms with Crippen LogP contribution in [0.3, 0.4) is 0 Å². The molecule has 0 saturated carbocycles. The van der Waals surface area contributed by atoms with Gasteiger partial charge >= 0.3 is 6.18 Å². The van der Waals surface area contributed by atoms with Crippen LogP contribution in [-0.2, 0) is 4.79 Å². The number of alkyl halides is 3. The molecule has 1 rings (SSSR count). The smallest absolute Gasteiger partial charge is 0.450 e. The Balaban J connectivity index is 2.44. The van der Waals surface area contributed by atoms with Crippen LogP contribution in [-0.4, -0.2) is 43.8 Å². The zero-order chi connectivity index (χ0) is 24.9. The Kier molecular flexibility index (Phi) is 13.5. The zero-order valence-corrected chi connectivity index (χ0v) is 21.0. The summed E-state index contributed by atoms with van der Waals surface area (Å²) in [6.07, 6.45) is 7.77. The summed E-state index contributed by atoms with van der Waals surface area (Å²) in [5.74, 6) is -2.43. The molecule has 0 aliphatic rings. The number of Topliss-reactive ketones (excluding diaryl/α,β-unsaturated/α-hetero) is 1. The van der Waals surface area contributed by atoms with Crippen LogP contribution in [0.25, 0.3) is 0 Å². The molecule has 0 aliphatic heterocycles. The highest BCUT2D eigenvalue weighted by molar-refractivity contribution is 5.90. The van der Waals surface area contributed by atoms with Crippen molar-refractivity contribution in [3.8, 4) is 11.5 Å². The van der Waals surface area contributed by atoms with Gasteiger partial charge in [-0.3, -0.25) is 9.69 Å². The number of nitrogens with zero attached hydrogens (tertiary/aromatic N) is 1. The molecule has 4 nitrogen and oxygen atoms in total. The first-order valence-electron chi connectivity index (χ1n) is 12.3. The van der Waals surface area contributed by atoms with Crippen LogP contribution < -0.4 is 9.47 Å². The van der Waals surface area contributed by atoms with Gasteiger partial charge in [-0.1, -0.05) is 77.7 Å². The largest absolute Gasteiger partial charge is 0.496 e. The van der Waals surface area contributed by atoms with Gasteiger partial charge in [0.05, 0.1) is 13.0 Å². The molecule has 33 heavy (non-hydrogen) atoms. The number of hydrogen-bond donors (Lipinski definition) is 0. The first-order chi connectivity index (χ1) is 15.6. The number of carbonyl (C=O) groups is 1. The van der Waals surface area contributed by atoms with E-state index in [1.54, 1.807) is 12.1 Å². The van der Waals surface area contributed by atoms with Crippen molar-refractivity contribution in [1.29, 1.82) is 0 Å². The van der Waals surface area contributed by atoms with E-state index in [1.165, 1.54) is 77.9 Å². The van der Waals surface area contributed by atoms with E-state index in [0.717, 1.165) is 13.0 Å². The molecule has 0 saturated heterocycles. The fourth-order valence-electron chi connectivity index (χ4n) is 3.83. The summed E-state index contributed by atoms with van der Waals surface area (Å²) >= 11 is 0. The third-order valence-electron chi connectivity index (χ3n) is 6.14. The van der Waals surface area contributed by atoms with E-state index < -0.39 is 17.9 Å². The maximum Gasteiger partial charge on any atom is 0.450 e. The van der Waals surface area contributed by atoms with Crippen molar-refractivity contribution in [3.05, 3.63) is 23.8 Å². The van der Waals surface area contributed by atoms with Gasteiger partial charge in [0.15, 0.2) is 0 Å². The molecule has 0 aromatic heterocycles. The van der Waals surface area contributed by atoms with Crippen LogP contribution in [0.4, 0.5) is 13.2 Å².